The Kier molecular flexibility index (Phi) is 15.6. The first-order valence-electron chi connectivity index (χ1n) is 6.26. The Morgan fingerprint density at radius 1 is 0.941 bits per heavy atom. The van der Waals surface area contributed by atoms with Crippen LogP contribution >= 0.6 is 0 Å². The van der Waals surface area contributed by atoms with E-state index in [1.165, 1.54) is 0 Å². The van der Waals surface area contributed by atoms with Crippen molar-refractivity contribution in [2.75, 3.05) is 13.2 Å². The van der Waals surface area contributed by atoms with E-state index in [0.717, 1.165) is 26.1 Å². The Hall–Kier alpha value is -0.200. The van der Waals surface area contributed by atoms with Gasteiger partial charge in [-0.3, -0.25) is 0 Å². The highest BCUT2D eigenvalue weighted by Crippen LogP contribution is 2.01. The van der Waals surface area contributed by atoms with Crippen molar-refractivity contribution in [3.63, 3.8) is 0 Å². The minimum absolute atomic E-state index is 0.0370. The summed E-state index contributed by atoms with van der Waals surface area (Å²) in [4.78, 5) is 0. The second kappa shape index (κ2) is 13.9. The number of hydrogen-bond acceptors (Lipinski definition) is 5. The molecule has 0 radical (unpaired) electrons. The van der Waals surface area contributed by atoms with Crippen molar-refractivity contribution < 1.29 is 24.8 Å². The standard InChI is InChI=1S/C6H14O3.C6H14O2/c1-2-3-4-5(7)6(8)9;1-4-7-6(3)8-5-2/h5-9H,2-4H2,1H3;6H,4-5H2,1-3H3. The van der Waals surface area contributed by atoms with Crippen molar-refractivity contribution >= 4 is 0 Å². The summed E-state index contributed by atoms with van der Waals surface area (Å²) in [6, 6.07) is 0. The molecule has 0 saturated heterocycles. The molecule has 1 unspecified atom stereocenters. The van der Waals surface area contributed by atoms with Gasteiger partial charge in [-0.2, -0.15) is 0 Å². The van der Waals surface area contributed by atoms with Gasteiger partial charge in [0.15, 0.2) is 12.6 Å². The Balaban J connectivity index is 0. The van der Waals surface area contributed by atoms with E-state index in [4.69, 9.17) is 24.8 Å². The van der Waals surface area contributed by atoms with E-state index in [-0.39, 0.29) is 6.29 Å². The highest BCUT2D eigenvalue weighted by Gasteiger charge is 2.10. The molecule has 17 heavy (non-hydrogen) atoms. The lowest BCUT2D eigenvalue weighted by molar-refractivity contribution is -0.124. The van der Waals surface area contributed by atoms with Crippen LogP contribution in [0.15, 0.2) is 0 Å². The molecule has 0 aromatic rings. The maximum absolute atomic E-state index is 8.76. The summed E-state index contributed by atoms with van der Waals surface area (Å²) in [5, 5.41) is 25.5. The lowest BCUT2D eigenvalue weighted by Gasteiger charge is -2.10. The quantitative estimate of drug-likeness (QED) is 0.567. The second-order valence-corrected chi connectivity index (χ2v) is 3.60. The van der Waals surface area contributed by atoms with E-state index in [2.05, 4.69) is 0 Å². The molecule has 0 spiro atoms. The second-order valence-electron chi connectivity index (χ2n) is 3.60. The zero-order chi connectivity index (χ0) is 13.7. The first-order valence-corrected chi connectivity index (χ1v) is 6.26. The third kappa shape index (κ3) is 15.8. The highest BCUT2D eigenvalue weighted by atomic mass is 16.7. The van der Waals surface area contributed by atoms with Crippen LogP contribution < -0.4 is 0 Å². The molecule has 0 bridgehead atoms. The van der Waals surface area contributed by atoms with Crippen molar-refractivity contribution in [1.29, 1.82) is 0 Å². The van der Waals surface area contributed by atoms with E-state index in [0.29, 0.717) is 6.42 Å². The van der Waals surface area contributed by atoms with Gasteiger partial charge in [0.2, 0.25) is 0 Å². The molecule has 0 rings (SSSR count). The van der Waals surface area contributed by atoms with Crippen LogP contribution in [0.25, 0.3) is 0 Å². The van der Waals surface area contributed by atoms with Crippen LogP contribution in [0.5, 0.6) is 0 Å². The molecule has 0 amide bonds. The van der Waals surface area contributed by atoms with E-state index in [1.54, 1.807) is 0 Å². The van der Waals surface area contributed by atoms with Gasteiger partial charge in [0.05, 0.1) is 0 Å². The number of aliphatic hydroxyl groups is 3. The predicted octanol–water partition coefficient (Wildman–Crippen LogP) is 1.25. The largest absolute Gasteiger partial charge is 0.388 e. The molecule has 5 heteroatoms. The van der Waals surface area contributed by atoms with Gasteiger partial charge in [-0.05, 0) is 27.2 Å². The van der Waals surface area contributed by atoms with E-state index in [1.807, 2.05) is 27.7 Å². The van der Waals surface area contributed by atoms with Crippen LogP contribution in [-0.2, 0) is 9.47 Å². The molecular formula is C12H28O5. The van der Waals surface area contributed by atoms with Crippen LogP contribution in [0.3, 0.4) is 0 Å². The molecule has 0 saturated carbocycles. The van der Waals surface area contributed by atoms with Crippen molar-refractivity contribution in [3.05, 3.63) is 0 Å². The molecule has 0 aromatic carbocycles. The molecule has 0 heterocycles. The van der Waals surface area contributed by atoms with E-state index < -0.39 is 12.4 Å². The molecule has 3 N–H and O–H groups in total. The lowest BCUT2D eigenvalue weighted by Crippen LogP contribution is -2.24. The van der Waals surface area contributed by atoms with Gasteiger partial charge >= 0.3 is 0 Å². The summed E-state index contributed by atoms with van der Waals surface area (Å²) in [5.41, 5.74) is 0. The van der Waals surface area contributed by atoms with Crippen LogP contribution in [-0.4, -0.2) is 47.2 Å². The van der Waals surface area contributed by atoms with E-state index >= 15 is 0 Å². The number of unbranched alkanes of at least 4 members (excludes halogenated alkanes) is 1. The smallest absolute Gasteiger partial charge is 0.178 e. The van der Waals surface area contributed by atoms with Crippen molar-refractivity contribution in [2.45, 2.75) is 65.6 Å². The Bertz CT molecular complexity index is 135. The lowest BCUT2D eigenvalue weighted by atomic mass is 10.1. The van der Waals surface area contributed by atoms with Crippen LogP contribution in [0.2, 0.25) is 0 Å². The minimum Gasteiger partial charge on any atom is -0.388 e. The fraction of sp³-hybridized carbons (Fsp3) is 1.00. The maximum atomic E-state index is 8.76. The minimum atomic E-state index is -1.57. The molecule has 0 aromatic heterocycles. The van der Waals surface area contributed by atoms with Crippen molar-refractivity contribution in [2.24, 2.45) is 0 Å². The fourth-order valence-corrected chi connectivity index (χ4v) is 1.08. The molecule has 0 aliphatic carbocycles. The number of hydrogen-bond donors (Lipinski definition) is 3. The third-order valence-corrected chi connectivity index (χ3v) is 2.00. The van der Waals surface area contributed by atoms with Gasteiger partial charge < -0.3 is 24.8 Å². The van der Waals surface area contributed by atoms with Gasteiger partial charge in [-0.15, -0.1) is 0 Å². The van der Waals surface area contributed by atoms with Gasteiger partial charge in [-0.1, -0.05) is 19.8 Å². The van der Waals surface area contributed by atoms with Crippen LogP contribution in [0, 0.1) is 0 Å². The predicted molar refractivity (Wildman–Crippen MR) is 66.5 cm³/mol. The Labute approximate surface area is 104 Å². The molecule has 106 valence electrons. The molecule has 0 aliphatic rings. The van der Waals surface area contributed by atoms with Gasteiger partial charge in [0.25, 0.3) is 0 Å². The highest BCUT2D eigenvalue weighted by molar-refractivity contribution is 4.55. The fourth-order valence-electron chi connectivity index (χ4n) is 1.08. The summed E-state index contributed by atoms with van der Waals surface area (Å²) in [7, 11) is 0. The third-order valence-electron chi connectivity index (χ3n) is 2.00. The van der Waals surface area contributed by atoms with Crippen LogP contribution in [0.1, 0.15) is 47.0 Å². The maximum Gasteiger partial charge on any atom is 0.178 e. The number of aliphatic hydroxyl groups excluding tert-OH is 2. The molecule has 0 fully saturated rings. The van der Waals surface area contributed by atoms with Crippen LogP contribution in [0.4, 0.5) is 0 Å². The summed E-state index contributed by atoms with van der Waals surface area (Å²) >= 11 is 0. The zero-order valence-corrected chi connectivity index (χ0v) is 11.4. The van der Waals surface area contributed by atoms with Gasteiger partial charge in [0, 0.05) is 13.2 Å². The Morgan fingerprint density at radius 3 is 1.71 bits per heavy atom. The summed E-state index contributed by atoms with van der Waals surface area (Å²) in [5.74, 6) is 0. The van der Waals surface area contributed by atoms with Crippen molar-refractivity contribution in [3.8, 4) is 0 Å². The average molecular weight is 252 g/mol. The van der Waals surface area contributed by atoms with Crippen molar-refractivity contribution in [1.82, 2.24) is 0 Å². The van der Waals surface area contributed by atoms with Gasteiger partial charge in [-0.25, -0.2) is 0 Å². The molecule has 0 aliphatic heterocycles. The topological polar surface area (TPSA) is 79.2 Å². The summed E-state index contributed by atoms with van der Waals surface area (Å²) in [6.07, 6.45) is -0.317. The summed E-state index contributed by atoms with van der Waals surface area (Å²) in [6.45, 7) is 9.23. The first-order chi connectivity index (χ1) is 7.99. The molecule has 5 nitrogen and oxygen atoms in total. The number of rotatable bonds is 8. The summed E-state index contributed by atoms with van der Waals surface area (Å²) < 4.78 is 10.1. The first kappa shape index (κ1) is 19.1. The SMILES string of the molecule is CCCCC(O)C(O)O.CCOC(C)OCC. The van der Waals surface area contributed by atoms with Gasteiger partial charge in [0.1, 0.15) is 6.10 Å². The molecule has 1 atom stereocenters. The average Bonchev–Trinajstić information content (AvgIpc) is 2.27. The number of ether oxygens (including phenoxy) is 2. The van der Waals surface area contributed by atoms with E-state index in [9.17, 15) is 0 Å². The monoisotopic (exact) mass is 252 g/mol. The normalized spacial score (nSPS) is 12.5. The Morgan fingerprint density at radius 2 is 1.41 bits per heavy atom. The zero-order valence-electron chi connectivity index (χ0n) is 11.4. The molecular weight excluding hydrogens is 224 g/mol.